The van der Waals surface area contributed by atoms with Crippen molar-refractivity contribution in [3.63, 3.8) is 0 Å². The van der Waals surface area contributed by atoms with Crippen molar-refractivity contribution in [2.75, 3.05) is 6.54 Å². The van der Waals surface area contributed by atoms with Crippen molar-refractivity contribution < 1.29 is 4.79 Å². The van der Waals surface area contributed by atoms with Crippen molar-refractivity contribution in [2.45, 2.75) is 31.7 Å². The molecule has 92 valence electrons. The smallest absolute Gasteiger partial charge is 0.223 e. The summed E-state index contributed by atoms with van der Waals surface area (Å²) in [4.78, 5) is 11.8. The minimum Gasteiger partial charge on any atom is -0.356 e. The summed E-state index contributed by atoms with van der Waals surface area (Å²) in [7, 11) is 0. The first-order valence-electron chi connectivity index (χ1n) is 6.26. The summed E-state index contributed by atoms with van der Waals surface area (Å²) in [5, 5.41) is 2.96. The number of benzene rings is 1. The molecule has 3 unspecified atom stereocenters. The minimum absolute atomic E-state index is 0.152. The Bertz CT molecular complexity index is 375. The predicted molar refractivity (Wildman–Crippen MR) is 68.6 cm³/mol. The number of rotatable bonds is 5. The Morgan fingerprint density at radius 1 is 1.47 bits per heavy atom. The van der Waals surface area contributed by atoms with E-state index in [1.165, 1.54) is 5.56 Å². The summed E-state index contributed by atoms with van der Waals surface area (Å²) < 4.78 is 0. The van der Waals surface area contributed by atoms with Crippen LogP contribution in [0.1, 0.15) is 31.2 Å². The van der Waals surface area contributed by atoms with Gasteiger partial charge in [-0.15, -0.1) is 0 Å². The molecule has 3 N–H and O–H groups in total. The number of carbonyl (C=O) groups is 1. The molecular formula is C14H20N2O. The van der Waals surface area contributed by atoms with E-state index in [1.54, 1.807) is 0 Å². The standard InChI is InChI=1S/C14H20N2O/c1-10(15)7-8-16-14(17)13-9-12(13)11-5-3-2-4-6-11/h2-6,10,12-13H,7-9,15H2,1H3,(H,16,17). The van der Waals surface area contributed by atoms with Crippen molar-refractivity contribution in [2.24, 2.45) is 11.7 Å². The van der Waals surface area contributed by atoms with Crippen LogP contribution >= 0.6 is 0 Å². The molecule has 1 amide bonds. The van der Waals surface area contributed by atoms with Crippen molar-refractivity contribution >= 4 is 5.91 Å². The Labute approximate surface area is 102 Å². The molecule has 0 heterocycles. The first kappa shape index (κ1) is 12.1. The van der Waals surface area contributed by atoms with E-state index in [-0.39, 0.29) is 17.9 Å². The van der Waals surface area contributed by atoms with Gasteiger partial charge in [0.15, 0.2) is 0 Å². The molecule has 0 aromatic heterocycles. The normalized spacial score (nSPS) is 24.1. The molecule has 1 aromatic carbocycles. The first-order valence-corrected chi connectivity index (χ1v) is 6.26. The second-order valence-electron chi connectivity index (χ2n) is 4.92. The van der Waals surface area contributed by atoms with E-state index in [0.29, 0.717) is 12.5 Å². The average molecular weight is 232 g/mol. The van der Waals surface area contributed by atoms with Gasteiger partial charge in [-0.1, -0.05) is 30.3 Å². The zero-order valence-electron chi connectivity index (χ0n) is 10.2. The maximum atomic E-state index is 11.8. The zero-order valence-corrected chi connectivity index (χ0v) is 10.2. The highest BCUT2D eigenvalue weighted by Crippen LogP contribution is 2.47. The molecule has 0 radical (unpaired) electrons. The van der Waals surface area contributed by atoms with Crippen LogP contribution in [0.5, 0.6) is 0 Å². The minimum atomic E-state index is 0.152. The molecule has 3 nitrogen and oxygen atoms in total. The summed E-state index contributed by atoms with van der Waals surface area (Å²) in [6.45, 7) is 2.64. The summed E-state index contributed by atoms with van der Waals surface area (Å²) in [6, 6.07) is 10.4. The lowest BCUT2D eigenvalue weighted by Crippen LogP contribution is -2.30. The summed E-state index contributed by atoms with van der Waals surface area (Å²) >= 11 is 0. The largest absolute Gasteiger partial charge is 0.356 e. The first-order chi connectivity index (χ1) is 8.18. The van der Waals surface area contributed by atoms with E-state index in [1.807, 2.05) is 25.1 Å². The van der Waals surface area contributed by atoms with E-state index in [4.69, 9.17) is 5.73 Å². The highest BCUT2D eigenvalue weighted by Gasteiger charge is 2.43. The van der Waals surface area contributed by atoms with Gasteiger partial charge in [-0.25, -0.2) is 0 Å². The quantitative estimate of drug-likeness (QED) is 0.811. The van der Waals surface area contributed by atoms with Crippen molar-refractivity contribution in [3.05, 3.63) is 35.9 Å². The third-order valence-electron chi connectivity index (χ3n) is 3.25. The Balaban J connectivity index is 1.77. The molecule has 1 aromatic rings. The maximum Gasteiger partial charge on any atom is 0.223 e. The molecule has 1 saturated carbocycles. The maximum absolute atomic E-state index is 11.8. The lowest BCUT2D eigenvalue weighted by molar-refractivity contribution is -0.122. The van der Waals surface area contributed by atoms with Crippen LogP contribution in [-0.4, -0.2) is 18.5 Å². The molecule has 1 aliphatic carbocycles. The fourth-order valence-electron chi connectivity index (χ4n) is 2.11. The van der Waals surface area contributed by atoms with Crippen LogP contribution in [0.25, 0.3) is 0 Å². The van der Waals surface area contributed by atoms with Crippen LogP contribution in [0.15, 0.2) is 30.3 Å². The molecule has 0 bridgehead atoms. The molecule has 0 saturated heterocycles. The van der Waals surface area contributed by atoms with Gasteiger partial charge in [-0.05, 0) is 31.2 Å². The molecule has 3 heteroatoms. The van der Waals surface area contributed by atoms with Gasteiger partial charge < -0.3 is 11.1 Å². The van der Waals surface area contributed by atoms with Crippen LogP contribution in [0.3, 0.4) is 0 Å². The molecule has 1 aliphatic rings. The number of nitrogens with one attached hydrogen (secondary N) is 1. The van der Waals surface area contributed by atoms with Crippen LogP contribution in [0.2, 0.25) is 0 Å². The zero-order chi connectivity index (χ0) is 12.3. The Morgan fingerprint density at radius 2 is 2.18 bits per heavy atom. The number of nitrogens with two attached hydrogens (primary N) is 1. The van der Waals surface area contributed by atoms with Gasteiger partial charge in [0.05, 0.1) is 0 Å². The van der Waals surface area contributed by atoms with Gasteiger partial charge in [-0.3, -0.25) is 4.79 Å². The van der Waals surface area contributed by atoms with Crippen LogP contribution in [0.4, 0.5) is 0 Å². The van der Waals surface area contributed by atoms with E-state index in [2.05, 4.69) is 17.4 Å². The molecule has 0 spiro atoms. The number of carbonyl (C=O) groups excluding carboxylic acids is 1. The molecule has 17 heavy (non-hydrogen) atoms. The van der Waals surface area contributed by atoms with Gasteiger partial charge in [0, 0.05) is 18.5 Å². The second kappa shape index (κ2) is 5.32. The van der Waals surface area contributed by atoms with Gasteiger partial charge in [0.2, 0.25) is 5.91 Å². The fraction of sp³-hybridized carbons (Fsp3) is 0.500. The van der Waals surface area contributed by atoms with Crippen LogP contribution in [-0.2, 0) is 4.79 Å². The Morgan fingerprint density at radius 3 is 2.82 bits per heavy atom. The molecule has 0 aliphatic heterocycles. The average Bonchev–Trinajstić information content (AvgIpc) is 3.09. The van der Waals surface area contributed by atoms with Crippen molar-refractivity contribution in [3.8, 4) is 0 Å². The van der Waals surface area contributed by atoms with Crippen molar-refractivity contribution in [1.29, 1.82) is 0 Å². The number of amides is 1. The highest BCUT2D eigenvalue weighted by molar-refractivity contribution is 5.82. The van der Waals surface area contributed by atoms with Gasteiger partial charge in [0.25, 0.3) is 0 Å². The lowest BCUT2D eigenvalue weighted by Gasteiger charge is -2.07. The predicted octanol–water partition coefficient (Wildman–Crippen LogP) is 1.64. The van der Waals surface area contributed by atoms with Gasteiger partial charge in [0.1, 0.15) is 0 Å². The molecule has 2 rings (SSSR count). The lowest BCUT2D eigenvalue weighted by atomic mass is 10.1. The van der Waals surface area contributed by atoms with Gasteiger partial charge in [-0.2, -0.15) is 0 Å². The molecule has 3 atom stereocenters. The van der Waals surface area contributed by atoms with E-state index >= 15 is 0 Å². The van der Waals surface area contributed by atoms with E-state index < -0.39 is 0 Å². The Hall–Kier alpha value is -1.35. The van der Waals surface area contributed by atoms with Gasteiger partial charge >= 0.3 is 0 Å². The number of hydrogen-bond donors (Lipinski definition) is 2. The summed E-state index contributed by atoms with van der Waals surface area (Å²) in [6.07, 6.45) is 1.82. The fourth-order valence-corrected chi connectivity index (χ4v) is 2.11. The highest BCUT2D eigenvalue weighted by atomic mass is 16.2. The number of hydrogen-bond acceptors (Lipinski definition) is 2. The SMILES string of the molecule is CC(N)CCNC(=O)C1CC1c1ccccc1. The summed E-state index contributed by atoms with van der Waals surface area (Å²) in [5.41, 5.74) is 6.92. The topological polar surface area (TPSA) is 55.1 Å². The third-order valence-corrected chi connectivity index (χ3v) is 3.25. The third kappa shape index (κ3) is 3.30. The second-order valence-corrected chi connectivity index (χ2v) is 4.92. The van der Waals surface area contributed by atoms with E-state index in [0.717, 1.165) is 12.8 Å². The Kier molecular flexibility index (Phi) is 3.79. The monoisotopic (exact) mass is 232 g/mol. The van der Waals surface area contributed by atoms with Crippen molar-refractivity contribution in [1.82, 2.24) is 5.32 Å². The summed E-state index contributed by atoms with van der Waals surface area (Å²) in [5.74, 6) is 0.775. The van der Waals surface area contributed by atoms with Crippen LogP contribution < -0.4 is 11.1 Å². The van der Waals surface area contributed by atoms with Crippen LogP contribution in [0, 0.1) is 5.92 Å². The van der Waals surface area contributed by atoms with E-state index in [9.17, 15) is 4.79 Å². The molecular weight excluding hydrogens is 212 g/mol. The molecule has 1 fully saturated rings.